The van der Waals surface area contributed by atoms with E-state index in [-0.39, 0.29) is 5.91 Å². The molecule has 1 atom stereocenters. The van der Waals surface area contributed by atoms with E-state index in [2.05, 4.69) is 17.2 Å². The quantitative estimate of drug-likeness (QED) is 0.303. The number of thioether (sulfide) groups is 1. The van der Waals surface area contributed by atoms with Crippen molar-refractivity contribution in [3.8, 4) is 0 Å². The maximum absolute atomic E-state index is 12.3. The third kappa shape index (κ3) is 6.05. The summed E-state index contributed by atoms with van der Waals surface area (Å²) in [5.74, 6) is -0.955. The summed E-state index contributed by atoms with van der Waals surface area (Å²) < 4.78 is 1.67. The van der Waals surface area contributed by atoms with Gasteiger partial charge in [0, 0.05) is 11.3 Å². The summed E-state index contributed by atoms with van der Waals surface area (Å²) in [5, 5.41) is 11.9. The highest BCUT2D eigenvalue weighted by molar-refractivity contribution is 8.02. The maximum Gasteiger partial charge on any atom is 0.317 e. The Labute approximate surface area is 178 Å². The zero-order valence-corrected chi connectivity index (χ0v) is 17.9. The van der Waals surface area contributed by atoms with Crippen molar-refractivity contribution in [3.05, 3.63) is 54.1 Å². The number of carbonyl (C=O) groups excluding carboxylic acids is 1. The molecule has 0 aliphatic carbocycles. The van der Waals surface area contributed by atoms with Crippen molar-refractivity contribution in [2.45, 2.75) is 48.6 Å². The van der Waals surface area contributed by atoms with Crippen LogP contribution in [0.15, 0.2) is 52.9 Å². The van der Waals surface area contributed by atoms with Crippen molar-refractivity contribution in [1.29, 1.82) is 0 Å². The molecule has 1 aromatic heterocycles. The summed E-state index contributed by atoms with van der Waals surface area (Å²) in [6.45, 7) is 2.14. The topological polar surface area (TPSA) is 79.3 Å². The number of thiazole rings is 1. The lowest BCUT2D eigenvalue weighted by Gasteiger charge is -2.09. The van der Waals surface area contributed by atoms with Gasteiger partial charge in [0.05, 0.1) is 10.2 Å². The Balaban J connectivity index is 1.68. The molecular weight excluding hydrogens is 404 g/mol. The number of anilines is 1. The first kappa shape index (κ1) is 21.3. The van der Waals surface area contributed by atoms with Gasteiger partial charge in [0.25, 0.3) is 5.91 Å². The number of nitrogens with one attached hydrogen (secondary N) is 1. The Bertz CT molecular complexity index is 973. The number of nitrogens with zero attached hydrogens (tertiary/aromatic N) is 1. The van der Waals surface area contributed by atoms with Gasteiger partial charge in [-0.2, -0.15) is 0 Å². The monoisotopic (exact) mass is 428 g/mol. The van der Waals surface area contributed by atoms with Crippen molar-refractivity contribution in [3.63, 3.8) is 0 Å². The van der Waals surface area contributed by atoms with Gasteiger partial charge in [0.15, 0.2) is 4.34 Å². The summed E-state index contributed by atoms with van der Waals surface area (Å²) in [6, 6.07) is 14.6. The summed E-state index contributed by atoms with van der Waals surface area (Å²) >= 11 is 2.78. The lowest BCUT2D eigenvalue weighted by Crippen LogP contribution is -2.15. The summed E-state index contributed by atoms with van der Waals surface area (Å²) in [6.07, 6.45) is 4.89. The van der Waals surface area contributed by atoms with Gasteiger partial charge >= 0.3 is 5.97 Å². The minimum atomic E-state index is -0.790. The number of unbranched alkanes of at least 4 members (excludes halogenated alkanes) is 3. The highest BCUT2D eigenvalue weighted by Crippen LogP contribution is 2.35. The zero-order chi connectivity index (χ0) is 20.6. The van der Waals surface area contributed by atoms with Crippen LogP contribution in [-0.2, 0) is 4.79 Å². The van der Waals surface area contributed by atoms with E-state index >= 15 is 0 Å². The molecule has 0 aliphatic heterocycles. The largest absolute Gasteiger partial charge is 0.480 e. The number of carboxylic acid groups (broad SMARTS) is 1. The molecule has 0 spiro atoms. The molecule has 3 rings (SSSR count). The first-order chi connectivity index (χ1) is 14.1. The van der Waals surface area contributed by atoms with Crippen LogP contribution in [0.3, 0.4) is 0 Å². The van der Waals surface area contributed by atoms with Crippen LogP contribution in [0.25, 0.3) is 10.2 Å². The van der Waals surface area contributed by atoms with Crippen molar-refractivity contribution >= 4 is 50.9 Å². The fourth-order valence-electron chi connectivity index (χ4n) is 2.94. The molecule has 29 heavy (non-hydrogen) atoms. The smallest absolute Gasteiger partial charge is 0.317 e. The average Bonchev–Trinajstić information content (AvgIpc) is 3.12. The molecule has 1 amide bonds. The Morgan fingerprint density at radius 1 is 1.14 bits per heavy atom. The number of carboxylic acids is 1. The van der Waals surface area contributed by atoms with Gasteiger partial charge in [-0.15, -0.1) is 11.3 Å². The van der Waals surface area contributed by atoms with Gasteiger partial charge in [0.1, 0.15) is 5.25 Å². The van der Waals surface area contributed by atoms with Gasteiger partial charge in [0.2, 0.25) is 0 Å². The second-order valence-corrected chi connectivity index (χ2v) is 9.26. The zero-order valence-electron chi connectivity index (χ0n) is 16.3. The van der Waals surface area contributed by atoms with Crippen LogP contribution in [0.4, 0.5) is 5.69 Å². The molecule has 1 heterocycles. The molecule has 7 heteroatoms. The number of fused-ring (bicyclic) bond motifs is 1. The third-order valence-corrected chi connectivity index (χ3v) is 6.87. The van der Waals surface area contributed by atoms with E-state index in [1.807, 2.05) is 36.4 Å². The van der Waals surface area contributed by atoms with Crippen molar-refractivity contribution in [2.75, 3.05) is 5.32 Å². The predicted octanol–water partition coefficient (Wildman–Crippen LogP) is 6.06. The number of rotatable bonds is 10. The second-order valence-electron chi connectivity index (χ2n) is 6.78. The lowest BCUT2D eigenvalue weighted by molar-refractivity contribution is -0.136. The van der Waals surface area contributed by atoms with Crippen LogP contribution in [0.2, 0.25) is 0 Å². The lowest BCUT2D eigenvalue weighted by atomic mass is 10.1. The number of benzene rings is 2. The Kier molecular flexibility index (Phi) is 7.66. The van der Waals surface area contributed by atoms with Crippen LogP contribution < -0.4 is 5.32 Å². The van der Waals surface area contributed by atoms with E-state index in [0.29, 0.717) is 17.7 Å². The number of aliphatic carboxylic acids is 1. The van der Waals surface area contributed by atoms with Gasteiger partial charge in [-0.3, -0.25) is 9.59 Å². The van der Waals surface area contributed by atoms with Crippen LogP contribution in [0.1, 0.15) is 49.4 Å². The van der Waals surface area contributed by atoms with E-state index in [1.165, 1.54) is 23.1 Å². The Morgan fingerprint density at radius 3 is 2.66 bits per heavy atom. The van der Waals surface area contributed by atoms with E-state index in [0.717, 1.165) is 40.2 Å². The first-order valence-electron chi connectivity index (χ1n) is 9.73. The molecule has 0 aliphatic rings. The SMILES string of the molecule is CCCCCCC(Sc1nc2ccc(NC(=O)c3ccccc3)cc2s1)C(=O)O. The third-order valence-electron chi connectivity index (χ3n) is 4.50. The van der Waals surface area contributed by atoms with E-state index in [4.69, 9.17) is 0 Å². The van der Waals surface area contributed by atoms with E-state index in [9.17, 15) is 14.7 Å². The molecule has 0 saturated carbocycles. The Hall–Kier alpha value is -2.38. The first-order valence-corrected chi connectivity index (χ1v) is 11.4. The molecule has 0 bridgehead atoms. The minimum Gasteiger partial charge on any atom is -0.480 e. The van der Waals surface area contributed by atoms with Gasteiger partial charge in [-0.1, -0.05) is 62.6 Å². The Morgan fingerprint density at radius 2 is 1.93 bits per heavy atom. The molecule has 5 nitrogen and oxygen atoms in total. The second kappa shape index (κ2) is 10.4. The number of hydrogen-bond donors (Lipinski definition) is 2. The minimum absolute atomic E-state index is 0.165. The van der Waals surface area contributed by atoms with Crippen molar-refractivity contribution in [1.82, 2.24) is 4.98 Å². The summed E-state index contributed by atoms with van der Waals surface area (Å²) in [5.41, 5.74) is 2.10. The number of hydrogen-bond acceptors (Lipinski definition) is 5. The van der Waals surface area contributed by atoms with Gasteiger partial charge < -0.3 is 10.4 Å². The average molecular weight is 429 g/mol. The van der Waals surface area contributed by atoms with Crippen LogP contribution in [-0.4, -0.2) is 27.2 Å². The highest BCUT2D eigenvalue weighted by Gasteiger charge is 2.20. The standard InChI is InChI=1S/C22H24N2O3S2/c1-2-3-4-8-11-18(21(26)27)28-22-24-17-13-12-16(14-19(17)29-22)23-20(25)15-9-6-5-7-10-15/h5-7,9-10,12-14,18H,2-4,8,11H2,1H3,(H,23,25)(H,26,27). The normalized spacial score (nSPS) is 12.0. The molecule has 2 N–H and O–H groups in total. The fraction of sp³-hybridized carbons (Fsp3) is 0.318. The molecule has 152 valence electrons. The van der Waals surface area contributed by atoms with Crippen LogP contribution in [0.5, 0.6) is 0 Å². The van der Waals surface area contributed by atoms with Crippen molar-refractivity contribution < 1.29 is 14.7 Å². The number of amides is 1. The molecular formula is C22H24N2O3S2. The predicted molar refractivity (Wildman–Crippen MR) is 120 cm³/mol. The number of aromatic nitrogens is 1. The molecule has 1 unspecified atom stereocenters. The molecule has 0 fully saturated rings. The summed E-state index contributed by atoms with van der Waals surface area (Å²) in [7, 11) is 0. The van der Waals surface area contributed by atoms with Crippen LogP contribution in [0, 0.1) is 0 Å². The molecule has 2 aromatic carbocycles. The number of carbonyl (C=O) groups is 2. The molecule has 0 saturated heterocycles. The van der Waals surface area contributed by atoms with E-state index < -0.39 is 11.2 Å². The van der Waals surface area contributed by atoms with E-state index in [1.54, 1.807) is 12.1 Å². The maximum atomic E-state index is 12.3. The molecule has 0 radical (unpaired) electrons. The molecule has 3 aromatic rings. The van der Waals surface area contributed by atoms with Crippen LogP contribution >= 0.6 is 23.1 Å². The fourth-order valence-corrected chi connectivity index (χ4v) is 5.26. The summed E-state index contributed by atoms with van der Waals surface area (Å²) in [4.78, 5) is 28.5. The highest BCUT2D eigenvalue weighted by atomic mass is 32.2. The van der Waals surface area contributed by atoms with Crippen molar-refractivity contribution in [2.24, 2.45) is 0 Å². The van der Waals surface area contributed by atoms with Gasteiger partial charge in [-0.25, -0.2) is 4.98 Å². The van der Waals surface area contributed by atoms with Gasteiger partial charge in [-0.05, 0) is 36.8 Å².